The summed E-state index contributed by atoms with van der Waals surface area (Å²) < 4.78 is 5.82. The predicted octanol–water partition coefficient (Wildman–Crippen LogP) is 3.58. The average Bonchev–Trinajstić information content (AvgIpc) is 2.36. The lowest BCUT2D eigenvalue weighted by Gasteiger charge is -2.08. The van der Waals surface area contributed by atoms with Crippen LogP contribution in [0.4, 0.5) is 5.69 Å². The van der Waals surface area contributed by atoms with Crippen LogP contribution in [0, 0.1) is 6.92 Å². The minimum atomic E-state index is -0.0649. The van der Waals surface area contributed by atoms with Crippen LogP contribution in [0.2, 0.25) is 0 Å². The number of ketones is 1. The van der Waals surface area contributed by atoms with Gasteiger partial charge in [-0.05, 0) is 64.8 Å². The molecular weight excluding hydrogens is 306 g/mol. The first-order valence-electron chi connectivity index (χ1n) is 5.76. The van der Waals surface area contributed by atoms with Gasteiger partial charge in [0.05, 0.1) is 7.11 Å². The molecule has 0 amide bonds. The number of methoxy groups -OCH3 is 1. The number of ether oxygens (including phenoxy) is 1. The van der Waals surface area contributed by atoms with Crippen LogP contribution in [0.5, 0.6) is 5.75 Å². The van der Waals surface area contributed by atoms with Crippen molar-refractivity contribution in [1.29, 1.82) is 0 Å². The Morgan fingerprint density at radius 2 is 1.95 bits per heavy atom. The molecule has 0 radical (unpaired) electrons. The van der Waals surface area contributed by atoms with Crippen molar-refractivity contribution in [1.82, 2.24) is 0 Å². The van der Waals surface area contributed by atoms with E-state index in [1.807, 2.05) is 19.1 Å². The molecule has 3 nitrogen and oxygen atoms in total. The summed E-state index contributed by atoms with van der Waals surface area (Å²) in [6, 6.07) is 10.6. The highest BCUT2D eigenvalue weighted by Gasteiger charge is 2.14. The molecule has 0 aliphatic rings. The van der Waals surface area contributed by atoms with E-state index in [1.54, 1.807) is 31.4 Å². The molecule has 0 bridgehead atoms. The van der Waals surface area contributed by atoms with E-state index in [1.165, 1.54) is 0 Å². The molecule has 19 heavy (non-hydrogen) atoms. The fourth-order valence-corrected chi connectivity index (χ4v) is 2.44. The number of hydrogen-bond donors (Lipinski definition) is 1. The Kier molecular flexibility index (Phi) is 3.90. The molecule has 0 saturated carbocycles. The number of nitrogen functional groups attached to an aromatic ring is 1. The van der Waals surface area contributed by atoms with Gasteiger partial charge in [0.2, 0.25) is 0 Å². The Hall–Kier alpha value is -1.81. The van der Waals surface area contributed by atoms with Gasteiger partial charge in [-0.25, -0.2) is 0 Å². The third kappa shape index (κ3) is 2.96. The Morgan fingerprint density at radius 1 is 1.21 bits per heavy atom. The number of rotatable bonds is 3. The highest BCUT2D eigenvalue weighted by atomic mass is 79.9. The number of carbonyl (C=O) groups is 1. The summed E-state index contributed by atoms with van der Waals surface area (Å²) in [6.45, 7) is 1.91. The Balaban J connectivity index is 2.44. The maximum absolute atomic E-state index is 12.4. The largest absolute Gasteiger partial charge is 0.497 e. The van der Waals surface area contributed by atoms with Crippen molar-refractivity contribution in [3.63, 3.8) is 0 Å². The summed E-state index contributed by atoms with van der Waals surface area (Å²) >= 11 is 3.39. The van der Waals surface area contributed by atoms with Gasteiger partial charge in [-0.15, -0.1) is 0 Å². The molecule has 2 aromatic rings. The van der Waals surface area contributed by atoms with Crippen LogP contribution in [0.3, 0.4) is 0 Å². The average molecular weight is 320 g/mol. The smallest absolute Gasteiger partial charge is 0.194 e. The van der Waals surface area contributed by atoms with Crippen molar-refractivity contribution in [2.75, 3.05) is 12.8 Å². The molecule has 0 aliphatic carbocycles. The number of carbonyl (C=O) groups excluding carboxylic acids is 1. The van der Waals surface area contributed by atoms with Crippen LogP contribution in [-0.4, -0.2) is 12.9 Å². The number of halogens is 1. The molecule has 0 aromatic heterocycles. The normalized spacial score (nSPS) is 10.3. The third-order valence-corrected chi connectivity index (χ3v) is 3.44. The molecule has 98 valence electrons. The van der Waals surface area contributed by atoms with Gasteiger partial charge in [-0.3, -0.25) is 4.79 Å². The van der Waals surface area contributed by atoms with E-state index in [0.29, 0.717) is 27.0 Å². The van der Waals surface area contributed by atoms with Crippen LogP contribution in [0.25, 0.3) is 0 Å². The lowest BCUT2D eigenvalue weighted by atomic mass is 10.0. The molecule has 0 unspecified atom stereocenters. The summed E-state index contributed by atoms with van der Waals surface area (Å²) in [5.41, 5.74) is 8.51. The van der Waals surface area contributed by atoms with E-state index in [2.05, 4.69) is 15.9 Å². The molecular formula is C15H14BrNO2. The summed E-state index contributed by atoms with van der Waals surface area (Å²) in [5, 5.41) is 0. The fourth-order valence-electron chi connectivity index (χ4n) is 1.91. The molecule has 0 fully saturated rings. The first kappa shape index (κ1) is 13.6. The molecule has 4 heteroatoms. The van der Waals surface area contributed by atoms with Crippen molar-refractivity contribution in [3.8, 4) is 5.75 Å². The third-order valence-electron chi connectivity index (χ3n) is 2.78. The van der Waals surface area contributed by atoms with E-state index in [4.69, 9.17) is 10.5 Å². The maximum atomic E-state index is 12.4. The van der Waals surface area contributed by atoms with Crippen molar-refractivity contribution < 1.29 is 9.53 Å². The van der Waals surface area contributed by atoms with Gasteiger partial charge in [-0.2, -0.15) is 0 Å². The molecule has 0 aliphatic heterocycles. The first-order valence-corrected chi connectivity index (χ1v) is 6.56. The lowest BCUT2D eigenvalue weighted by molar-refractivity contribution is 0.103. The predicted molar refractivity (Wildman–Crippen MR) is 79.7 cm³/mol. The number of anilines is 1. The number of benzene rings is 2. The highest BCUT2D eigenvalue weighted by molar-refractivity contribution is 9.10. The van der Waals surface area contributed by atoms with Crippen LogP contribution in [0.15, 0.2) is 40.9 Å². The number of hydrogen-bond acceptors (Lipinski definition) is 3. The summed E-state index contributed by atoms with van der Waals surface area (Å²) in [6.07, 6.45) is 0. The molecule has 2 rings (SSSR count). The van der Waals surface area contributed by atoms with Gasteiger partial charge in [-0.1, -0.05) is 0 Å². The van der Waals surface area contributed by atoms with E-state index in [-0.39, 0.29) is 5.78 Å². The van der Waals surface area contributed by atoms with Crippen molar-refractivity contribution >= 4 is 27.4 Å². The van der Waals surface area contributed by atoms with Gasteiger partial charge in [0.25, 0.3) is 0 Å². The number of aryl methyl sites for hydroxylation is 1. The van der Waals surface area contributed by atoms with Gasteiger partial charge < -0.3 is 10.5 Å². The molecule has 0 saturated heterocycles. The van der Waals surface area contributed by atoms with Crippen LogP contribution in [-0.2, 0) is 0 Å². The quantitative estimate of drug-likeness (QED) is 0.695. The van der Waals surface area contributed by atoms with Crippen molar-refractivity contribution in [3.05, 3.63) is 57.6 Å². The minimum Gasteiger partial charge on any atom is -0.497 e. The van der Waals surface area contributed by atoms with Crippen LogP contribution >= 0.6 is 15.9 Å². The first-order chi connectivity index (χ1) is 9.01. The Bertz CT molecular complexity index is 618. The lowest BCUT2D eigenvalue weighted by Crippen LogP contribution is -2.04. The van der Waals surface area contributed by atoms with Crippen LogP contribution < -0.4 is 10.5 Å². The van der Waals surface area contributed by atoms with E-state index in [9.17, 15) is 4.79 Å². The van der Waals surface area contributed by atoms with Gasteiger partial charge in [0, 0.05) is 21.3 Å². The standard InChI is InChI=1S/C15H14BrNO2/c1-9-5-10(7-11(17)6-9)15(18)13-4-3-12(19-2)8-14(13)16/h3-8H,17H2,1-2H3. The number of nitrogens with two attached hydrogens (primary N) is 1. The second-order valence-corrected chi connectivity index (χ2v) is 5.16. The summed E-state index contributed by atoms with van der Waals surface area (Å²) in [4.78, 5) is 12.4. The SMILES string of the molecule is COc1ccc(C(=O)c2cc(C)cc(N)c2)c(Br)c1. The molecule has 2 N–H and O–H groups in total. The molecule has 0 heterocycles. The van der Waals surface area contributed by atoms with Crippen molar-refractivity contribution in [2.24, 2.45) is 0 Å². The summed E-state index contributed by atoms with van der Waals surface area (Å²) in [7, 11) is 1.59. The van der Waals surface area contributed by atoms with E-state index in [0.717, 1.165) is 5.56 Å². The molecule has 2 aromatic carbocycles. The van der Waals surface area contributed by atoms with E-state index >= 15 is 0 Å². The second kappa shape index (κ2) is 5.45. The minimum absolute atomic E-state index is 0.0649. The monoisotopic (exact) mass is 319 g/mol. The van der Waals surface area contributed by atoms with Gasteiger partial charge >= 0.3 is 0 Å². The van der Waals surface area contributed by atoms with E-state index < -0.39 is 0 Å². The van der Waals surface area contributed by atoms with Gasteiger partial charge in [0.1, 0.15) is 5.75 Å². The topological polar surface area (TPSA) is 52.3 Å². The zero-order chi connectivity index (χ0) is 14.0. The zero-order valence-corrected chi connectivity index (χ0v) is 12.3. The Morgan fingerprint density at radius 3 is 2.53 bits per heavy atom. The van der Waals surface area contributed by atoms with Gasteiger partial charge in [0.15, 0.2) is 5.78 Å². The fraction of sp³-hybridized carbons (Fsp3) is 0.133. The highest BCUT2D eigenvalue weighted by Crippen LogP contribution is 2.26. The Labute approximate surface area is 120 Å². The van der Waals surface area contributed by atoms with Crippen molar-refractivity contribution in [2.45, 2.75) is 6.92 Å². The summed E-state index contributed by atoms with van der Waals surface area (Å²) in [5.74, 6) is 0.636. The van der Waals surface area contributed by atoms with Crippen LogP contribution in [0.1, 0.15) is 21.5 Å². The second-order valence-electron chi connectivity index (χ2n) is 4.31. The zero-order valence-electron chi connectivity index (χ0n) is 10.7. The maximum Gasteiger partial charge on any atom is 0.194 e. The molecule has 0 atom stereocenters. The molecule has 0 spiro atoms.